The molecule has 4 nitrogen and oxygen atoms in total. The second kappa shape index (κ2) is 8.58. The number of amides is 1. The van der Waals surface area contributed by atoms with Crippen molar-refractivity contribution in [3.63, 3.8) is 0 Å². The molecule has 0 saturated carbocycles. The van der Waals surface area contributed by atoms with Gasteiger partial charge in [0.15, 0.2) is 5.78 Å². The van der Waals surface area contributed by atoms with Gasteiger partial charge in [0.05, 0.1) is 0 Å². The Hall–Kier alpha value is -1.46. The lowest BCUT2D eigenvalue weighted by Gasteiger charge is -2.20. The first-order valence-electron chi connectivity index (χ1n) is 8.41. The van der Waals surface area contributed by atoms with Gasteiger partial charge in [-0.05, 0) is 62.0 Å². The summed E-state index contributed by atoms with van der Waals surface area (Å²) in [5.41, 5.74) is 0.468. The van der Waals surface area contributed by atoms with E-state index in [2.05, 4.69) is 5.32 Å². The smallest absolute Gasteiger partial charge is 0.223 e. The van der Waals surface area contributed by atoms with E-state index < -0.39 is 0 Å². The zero-order valence-electron chi connectivity index (χ0n) is 13.7. The van der Waals surface area contributed by atoms with E-state index in [4.69, 9.17) is 0 Å². The Morgan fingerprint density at radius 3 is 2.21 bits per heavy atom. The van der Waals surface area contributed by atoms with Crippen molar-refractivity contribution in [2.24, 2.45) is 11.8 Å². The molecule has 2 heterocycles. The van der Waals surface area contributed by atoms with E-state index in [1.165, 1.54) is 24.3 Å². The number of fused-ring (bicyclic) bond motifs is 1. The monoisotopic (exact) mass is 354 g/mol. The topological polar surface area (TPSA) is 49.4 Å². The molecule has 6 heteroatoms. The Morgan fingerprint density at radius 1 is 1.04 bits per heavy atom. The molecule has 0 radical (unpaired) electrons. The van der Waals surface area contributed by atoms with Crippen LogP contribution in [0.5, 0.6) is 0 Å². The van der Waals surface area contributed by atoms with Gasteiger partial charge in [-0.1, -0.05) is 0 Å². The molecule has 2 saturated heterocycles. The lowest BCUT2D eigenvalue weighted by molar-refractivity contribution is -0.131. The average molecular weight is 355 g/mol. The standard InChI is InChI=1S/C18H23FN2O2.ClH/c19-16-3-1-13(2-4-16)17(22)5-6-18(23)21-9-7-14-11-20-12-15(14)8-10-21;/h1-4,14-15,20H,5-12H2;1H/t14-,15+;. The highest BCUT2D eigenvalue weighted by atomic mass is 35.5. The third-order valence-corrected chi connectivity index (χ3v) is 5.10. The molecule has 0 bridgehead atoms. The minimum Gasteiger partial charge on any atom is -0.343 e. The molecular formula is C18H24ClFN2O2. The number of hydrogen-bond acceptors (Lipinski definition) is 3. The summed E-state index contributed by atoms with van der Waals surface area (Å²) in [6, 6.07) is 5.50. The maximum Gasteiger partial charge on any atom is 0.223 e. The number of likely N-dealkylation sites (tertiary alicyclic amines) is 1. The van der Waals surface area contributed by atoms with Crippen LogP contribution in [0.3, 0.4) is 0 Å². The Bertz CT molecular complexity index is 565. The SMILES string of the molecule is Cl.O=C(CCC(=O)N1CC[C@@H]2CNC[C@@H]2CC1)c1ccc(F)cc1. The fourth-order valence-corrected chi connectivity index (χ4v) is 3.63. The molecule has 1 N–H and O–H groups in total. The second-order valence-corrected chi connectivity index (χ2v) is 6.57. The minimum absolute atomic E-state index is 0. The van der Waals surface area contributed by atoms with Gasteiger partial charge < -0.3 is 10.2 Å². The normalized spacial score (nSPS) is 23.1. The number of carbonyl (C=O) groups excluding carboxylic acids is 2. The molecule has 2 atom stereocenters. The van der Waals surface area contributed by atoms with Crippen molar-refractivity contribution >= 4 is 24.1 Å². The van der Waals surface area contributed by atoms with Crippen LogP contribution in [0.1, 0.15) is 36.0 Å². The molecule has 2 fully saturated rings. The van der Waals surface area contributed by atoms with Crippen LogP contribution in [0.4, 0.5) is 4.39 Å². The van der Waals surface area contributed by atoms with E-state index >= 15 is 0 Å². The number of carbonyl (C=O) groups is 2. The fourth-order valence-electron chi connectivity index (χ4n) is 3.63. The summed E-state index contributed by atoms with van der Waals surface area (Å²) in [4.78, 5) is 26.3. The summed E-state index contributed by atoms with van der Waals surface area (Å²) in [6.07, 6.45) is 2.53. The molecule has 1 amide bonds. The third-order valence-electron chi connectivity index (χ3n) is 5.10. The van der Waals surface area contributed by atoms with E-state index in [-0.39, 0.29) is 42.8 Å². The highest BCUT2D eigenvalue weighted by Crippen LogP contribution is 2.27. The van der Waals surface area contributed by atoms with E-state index in [9.17, 15) is 14.0 Å². The number of halogens is 2. The molecule has 2 aliphatic heterocycles. The van der Waals surface area contributed by atoms with Crippen molar-refractivity contribution < 1.29 is 14.0 Å². The summed E-state index contributed by atoms with van der Waals surface area (Å²) < 4.78 is 12.9. The van der Waals surface area contributed by atoms with Gasteiger partial charge in [-0.15, -0.1) is 12.4 Å². The molecule has 1 aromatic rings. The van der Waals surface area contributed by atoms with Crippen LogP contribution in [-0.4, -0.2) is 42.8 Å². The summed E-state index contributed by atoms with van der Waals surface area (Å²) >= 11 is 0. The van der Waals surface area contributed by atoms with Gasteiger partial charge in [-0.25, -0.2) is 4.39 Å². The predicted octanol–water partition coefficient (Wildman–Crippen LogP) is 2.67. The molecule has 132 valence electrons. The summed E-state index contributed by atoms with van der Waals surface area (Å²) in [5.74, 6) is 0.979. The van der Waals surface area contributed by atoms with Crippen LogP contribution in [-0.2, 0) is 4.79 Å². The number of ketones is 1. The first-order valence-corrected chi connectivity index (χ1v) is 8.41. The number of hydrogen-bond donors (Lipinski definition) is 1. The van der Waals surface area contributed by atoms with Gasteiger partial charge in [-0.2, -0.15) is 0 Å². The number of rotatable bonds is 4. The van der Waals surface area contributed by atoms with Gasteiger partial charge in [0, 0.05) is 31.5 Å². The maximum absolute atomic E-state index is 12.9. The van der Waals surface area contributed by atoms with Gasteiger partial charge in [-0.3, -0.25) is 9.59 Å². The molecule has 0 aliphatic carbocycles. The first-order chi connectivity index (χ1) is 11.1. The fraction of sp³-hybridized carbons (Fsp3) is 0.556. The summed E-state index contributed by atoms with van der Waals surface area (Å²) in [5, 5.41) is 3.42. The minimum atomic E-state index is -0.359. The van der Waals surface area contributed by atoms with Crippen molar-refractivity contribution in [2.75, 3.05) is 26.2 Å². The second-order valence-electron chi connectivity index (χ2n) is 6.57. The number of nitrogens with one attached hydrogen (secondary N) is 1. The quantitative estimate of drug-likeness (QED) is 0.846. The van der Waals surface area contributed by atoms with E-state index in [1.54, 1.807) is 0 Å². The zero-order valence-corrected chi connectivity index (χ0v) is 14.5. The lowest BCUT2D eigenvalue weighted by atomic mass is 9.92. The number of Topliss-reactive ketones (excluding diaryl/α,β-unsaturated/α-hetero) is 1. The number of benzene rings is 1. The molecule has 24 heavy (non-hydrogen) atoms. The largest absolute Gasteiger partial charge is 0.343 e. The zero-order chi connectivity index (χ0) is 16.2. The lowest BCUT2D eigenvalue weighted by Crippen LogP contribution is -2.32. The molecule has 0 aromatic heterocycles. The first kappa shape index (κ1) is 18.9. The summed E-state index contributed by atoms with van der Waals surface area (Å²) in [6.45, 7) is 3.73. The maximum atomic E-state index is 12.9. The Kier molecular flexibility index (Phi) is 6.75. The average Bonchev–Trinajstić information content (AvgIpc) is 2.91. The Labute approximate surface area is 148 Å². The van der Waals surface area contributed by atoms with Crippen LogP contribution in [0.2, 0.25) is 0 Å². The molecular weight excluding hydrogens is 331 g/mol. The Balaban J connectivity index is 0.00000208. The van der Waals surface area contributed by atoms with Crippen LogP contribution in [0, 0.1) is 17.7 Å². The van der Waals surface area contributed by atoms with Crippen LogP contribution in [0.25, 0.3) is 0 Å². The van der Waals surface area contributed by atoms with Gasteiger partial charge in [0.1, 0.15) is 5.82 Å². The molecule has 1 aromatic carbocycles. The molecule has 3 rings (SSSR count). The van der Waals surface area contributed by atoms with Crippen molar-refractivity contribution in [1.82, 2.24) is 10.2 Å². The van der Waals surface area contributed by atoms with Crippen molar-refractivity contribution in [2.45, 2.75) is 25.7 Å². The summed E-state index contributed by atoms with van der Waals surface area (Å²) in [7, 11) is 0. The molecule has 0 unspecified atom stereocenters. The van der Waals surface area contributed by atoms with Crippen molar-refractivity contribution in [1.29, 1.82) is 0 Å². The van der Waals surface area contributed by atoms with Crippen molar-refractivity contribution in [3.8, 4) is 0 Å². The van der Waals surface area contributed by atoms with Gasteiger partial charge >= 0.3 is 0 Å². The third kappa shape index (κ3) is 4.54. The van der Waals surface area contributed by atoms with E-state index in [1.807, 2.05) is 4.90 Å². The van der Waals surface area contributed by atoms with Gasteiger partial charge in [0.25, 0.3) is 0 Å². The van der Waals surface area contributed by atoms with Crippen LogP contribution < -0.4 is 5.32 Å². The van der Waals surface area contributed by atoms with Crippen LogP contribution in [0.15, 0.2) is 24.3 Å². The highest BCUT2D eigenvalue weighted by Gasteiger charge is 2.31. The molecule has 0 spiro atoms. The Morgan fingerprint density at radius 2 is 1.62 bits per heavy atom. The van der Waals surface area contributed by atoms with E-state index in [0.717, 1.165) is 39.0 Å². The van der Waals surface area contributed by atoms with Gasteiger partial charge in [0.2, 0.25) is 5.91 Å². The van der Waals surface area contributed by atoms with Crippen molar-refractivity contribution in [3.05, 3.63) is 35.6 Å². The molecule has 2 aliphatic rings. The highest BCUT2D eigenvalue weighted by molar-refractivity contribution is 5.97. The predicted molar refractivity (Wildman–Crippen MR) is 92.9 cm³/mol. The van der Waals surface area contributed by atoms with E-state index in [0.29, 0.717) is 17.4 Å². The number of nitrogens with zero attached hydrogens (tertiary/aromatic N) is 1. The van der Waals surface area contributed by atoms with Crippen LogP contribution >= 0.6 is 12.4 Å².